The topological polar surface area (TPSA) is 24.3 Å². The summed E-state index contributed by atoms with van der Waals surface area (Å²) in [6, 6.07) is 24.1. The van der Waals surface area contributed by atoms with Crippen molar-refractivity contribution in [3.8, 4) is 11.1 Å². The Morgan fingerprint density at radius 2 is 1.60 bits per heavy atom. The van der Waals surface area contributed by atoms with Gasteiger partial charge in [-0.3, -0.25) is 0 Å². The van der Waals surface area contributed by atoms with Crippen LogP contribution in [0.4, 0.5) is 10.3 Å². The number of rotatable bonds is 6. The van der Waals surface area contributed by atoms with Crippen LogP contribution in [0.5, 0.6) is 0 Å². The molecule has 0 aliphatic carbocycles. The van der Waals surface area contributed by atoms with E-state index in [2.05, 4.69) is 70.9 Å². The lowest BCUT2D eigenvalue weighted by Crippen LogP contribution is -2.44. The van der Waals surface area contributed by atoms with Crippen LogP contribution in [-0.2, 0) is 13.5 Å². The molecule has 0 bridgehead atoms. The van der Waals surface area contributed by atoms with E-state index >= 15 is 0 Å². The molecule has 4 nitrogen and oxygen atoms in total. The van der Waals surface area contributed by atoms with Crippen LogP contribution < -0.4 is 4.90 Å². The van der Waals surface area contributed by atoms with Gasteiger partial charge in [0.05, 0.1) is 11.0 Å². The van der Waals surface area contributed by atoms with Crippen molar-refractivity contribution in [1.82, 2.24) is 14.5 Å². The predicted molar refractivity (Wildman–Crippen MR) is 149 cm³/mol. The fourth-order valence-electron chi connectivity index (χ4n) is 5.06. The Kier molecular flexibility index (Phi) is 9.17. The fourth-order valence-corrected chi connectivity index (χ4v) is 5.06. The van der Waals surface area contributed by atoms with E-state index in [9.17, 15) is 4.39 Å². The maximum absolute atomic E-state index is 13.4. The number of hydrogen-bond acceptors (Lipinski definition) is 3. The summed E-state index contributed by atoms with van der Waals surface area (Å²) < 4.78 is 15.6. The Bertz CT molecular complexity index is 1220. The Labute approximate surface area is 219 Å². The van der Waals surface area contributed by atoms with Gasteiger partial charge in [-0.1, -0.05) is 54.6 Å². The van der Waals surface area contributed by atoms with Crippen LogP contribution in [0.2, 0.25) is 0 Å². The van der Waals surface area contributed by atoms with E-state index in [1.54, 1.807) is 0 Å². The SMILES string of the molecule is CN(c1nc2cccc(-c3ccc(F)cc3)c2n1C)C1CCN(CCc2ccccc2)CC1.Cl.Cl. The van der Waals surface area contributed by atoms with Crippen LogP contribution in [0.15, 0.2) is 72.8 Å². The van der Waals surface area contributed by atoms with E-state index in [1.165, 1.54) is 17.7 Å². The molecular formula is C28H33Cl2FN4. The summed E-state index contributed by atoms with van der Waals surface area (Å²) in [5.41, 5.74) is 5.56. The van der Waals surface area contributed by atoms with Gasteiger partial charge in [0.1, 0.15) is 5.82 Å². The number of fused-ring (bicyclic) bond motifs is 1. The molecule has 2 heterocycles. The number of anilines is 1. The van der Waals surface area contributed by atoms with E-state index < -0.39 is 0 Å². The molecule has 0 unspecified atom stereocenters. The molecule has 0 amide bonds. The molecule has 5 rings (SSSR count). The molecule has 35 heavy (non-hydrogen) atoms. The molecule has 3 aromatic carbocycles. The lowest BCUT2D eigenvalue weighted by Gasteiger charge is -2.37. The highest BCUT2D eigenvalue weighted by molar-refractivity contribution is 5.94. The highest BCUT2D eigenvalue weighted by Crippen LogP contribution is 2.32. The third kappa shape index (κ3) is 5.80. The highest BCUT2D eigenvalue weighted by Gasteiger charge is 2.25. The number of benzene rings is 3. The summed E-state index contributed by atoms with van der Waals surface area (Å²) in [6.07, 6.45) is 3.39. The summed E-state index contributed by atoms with van der Waals surface area (Å²) in [7, 11) is 4.26. The van der Waals surface area contributed by atoms with Gasteiger partial charge < -0.3 is 14.4 Å². The van der Waals surface area contributed by atoms with Gasteiger partial charge in [-0.2, -0.15) is 0 Å². The highest BCUT2D eigenvalue weighted by atomic mass is 35.5. The van der Waals surface area contributed by atoms with Crippen molar-refractivity contribution >= 4 is 41.8 Å². The van der Waals surface area contributed by atoms with Crippen LogP contribution in [0.3, 0.4) is 0 Å². The van der Waals surface area contributed by atoms with Crippen molar-refractivity contribution in [2.45, 2.75) is 25.3 Å². The molecule has 1 aromatic heterocycles. The van der Waals surface area contributed by atoms with Gasteiger partial charge in [0, 0.05) is 45.3 Å². The van der Waals surface area contributed by atoms with Gasteiger partial charge in [0.25, 0.3) is 0 Å². The Hall–Kier alpha value is -2.60. The summed E-state index contributed by atoms with van der Waals surface area (Å²) in [5, 5.41) is 0. The summed E-state index contributed by atoms with van der Waals surface area (Å²) in [5.74, 6) is 0.772. The molecule has 0 saturated carbocycles. The van der Waals surface area contributed by atoms with Crippen molar-refractivity contribution in [2.75, 3.05) is 31.6 Å². The molecule has 1 fully saturated rings. The number of piperidine rings is 1. The Morgan fingerprint density at radius 3 is 2.29 bits per heavy atom. The fraction of sp³-hybridized carbons (Fsp3) is 0.321. The van der Waals surface area contributed by atoms with Crippen molar-refractivity contribution in [3.05, 3.63) is 84.2 Å². The molecule has 1 saturated heterocycles. The van der Waals surface area contributed by atoms with Gasteiger partial charge in [0.2, 0.25) is 5.95 Å². The van der Waals surface area contributed by atoms with Gasteiger partial charge in [-0.15, -0.1) is 24.8 Å². The second-order valence-electron chi connectivity index (χ2n) is 9.07. The lowest BCUT2D eigenvalue weighted by atomic mass is 10.0. The van der Waals surface area contributed by atoms with Crippen molar-refractivity contribution in [3.63, 3.8) is 0 Å². The number of nitrogens with zero attached hydrogens (tertiary/aromatic N) is 4. The number of aryl methyl sites for hydroxylation is 1. The van der Waals surface area contributed by atoms with Crippen molar-refractivity contribution in [1.29, 1.82) is 0 Å². The first-order chi connectivity index (χ1) is 16.1. The number of para-hydroxylation sites is 1. The first-order valence-electron chi connectivity index (χ1n) is 11.8. The van der Waals surface area contributed by atoms with Crippen molar-refractivity contribution < 1.29 is 4.39 Å². The average Bonchev–Trinajstić information content (AvgIpc) is 3.20. The third-order valence-electron chi connectivity index (χ3n) is 7.01. The standard InChI is InChI=1S/C28H31FN4.2ClH/c1-31(24-16-19-33(20-17-24)18-15-21-7-4-3-5-8-21)28-30-26-10-6-9-25(27(26)32(28)2)22-11-13-23(29)14-12-22;;/h3-14,24H,15-20H2,1-2H3;2*1H. The summed E-state index contributed by atoms with van der Waals surface area (Å²) >= 11 is 0. The minimum absolute atomic E-state index is 0. The molecule has 0 atom stereocenters. The van der Waals surface area contributed by atoms with Crippen molar-refractivity contribution in [2.24, 2.45) is 7.05 Å². The van der Waals surface area contributed by atoms with Crippen LogP contribution in [0.25, 0.3) is 22.2 Å². The molecule has 7 heteroatoms. The first-order valence-corrected chi connectivity index (χ1v) is 11.8. The van der Waals surface area contributed by atoms with E-state index in [0.717, 1.165) is 67.0 Å². The molecule has 0 N–H and O–H groups in total. The first kappa shape index (κ1) is 27.0. The number of hydrogen-bond donors (Lipinski definition) is 0. The normalized spacial score (nSPS) is 14.4. The molecule has 1 aliphatic rings. The number of imidazole rings is 1. The second-order valence-corrected chi connectivity index (χ2v) is 9.07. The van der Waals surface area contributed by atoms with Crippen LogP contribution in [0.1, 0.15) is 18.4 Å². The Morgan fingerprint density at radius 1 is 0.914 bits per heavy atom. The largest absolute Gasteiger partial charge is 0.342 e. The second kappa shape index (κ2) is 11.9. The predicted octanol–water partition coefficient (Wildman–Crippen LogP) is 6.37. The van der Waals surface area contributed by atoms with E-state index in [1.807, 2.05) is 18.2 Å². The van der Waals surface area contributed by atoms with Gasteiger partial charge in [-0.05, 0) is 48.6 Å². The van der Waals surface area contributed by atoms with Crippen LogP contribution >= 0.6 is 24.8 Å². The minimum Gasteiger partial charge on any atom is -0.342 e. The molecule has 4 aromatic rings. The maximum Gasteiger partial charge on any atom is 0.206 e. The maximum atomic E-state index is 13.4. The summed E-state index contributed by atoms with van der Waals surface area (Å²) in [6.45, 7) is 3.35. The lowest BCUT2D eigenvalue weighted by molar-refractivity contribution is 0.212. The molecule has 186 valence electrons. The van der Waals surface area contributed by atoms with Gasteiger partial charge in [0.15, 0.2) is 0 Å². The zero-order valence-corrected chi connectivity index (χ0v) is 21.9. The molecule has 0 radical (unpaired) electrons. The smallest absolute Gasteiger partial charge is 0.206 e. The average molecular weight is 516 g/mol. The third-order valence-corrected chi connectivity index (χ3v) is 7.01. The molecule has 0 spiro atoms. The molecule has 1 aliphatic heterocycles. The Balaban J connectivity index is 0.00000171. The summed E-state index contributed by atoms with van der Waals surface area (Å²) in [4.78, 5) is 9.92. The number of likely N-dealkylation sites (tertiary alicyclic amines) is 1. The van der Waals surface area contributed by atoms with E-state index in [0.29, 0.717) is 6.04 Å². The van der Waals surface area contributed by atoms with Gasteiger partial charge in [-0.25, -0.2) is 9.37 Å². The minimum atomic E-state index is -0.216. The van der Waals surface area contributed by atoms with Crippen LogP contribution in [-0.4, -0.2) is 47.2 Å². The van der Waals surface area contributed by atoms with Gasteiger partial charge >= 0.3 is 0 Å². The van der Waals surface area contributed by atoms with E-state index in [4.69, 9.17) is 4.98 Å². The van der Waals surface area contributed by atoms with Crippen LogP contribution in [0, 0.1) is 5.82 Å². The number of halogens is 3. The van der Waals surface area contributed by atoms with E-state index in [-0.39, 0.29) is 30.6 Å². The molecular weight excluding hydrogens is 482 g/mol. The quantitative estimate of drug-likeness (QED) is 0.299. The monoisotopic (exact) mass is 514 g/mol. The zero-order chi connectivity index (χ0) is 22.8. The number of aromatic nitrogens is 2. The zero-order valence-electron chi connectivity index (χ0n) is 20.2.